The summed E-state index contributed by atoms with van der Waals surface area (Å²) in [6, 6.07) is 18.2. The number of amides is 1. The minimum atomic E-state index is 0.0871. The van der Waals surface area contributed by atoms with Gasteiger partial charge in [0.25, 0.3) is 0 Å². The summed E-state index contributed by atoms with van der Waals surface area (Å²) < 4.78 is 5.76. The third-order valence-corrected chi connectivity index (χ3v) is 4.44. The van der Waals surface area contributed by atoms with Crippen molar-refractivity contribution in [1.82, 2.24) is 9.88 Å². The molecule has 3 rings (SSSR count). The third kappa shape index (κ3) is 4.60. The number of carbonyl (C=O) groups excluding carboxylic acids is 1. The van der Waals surface area contributed by atoms with Crippen molar-refractivity contribution in [2.75, 3.05) is 7.05 Å². The summed E-state index contributed by atoms with van der Waals surface area (Å²) in [4.78, 5) is 18.4. The Labute approximate surface area is 154 Å². The molecule has 0 aliphatic heterocycles. The monoisotopic (exact) mass is 348 g/mol. The predicted molar refractivity (Wildman–Crippen MR) is 103 cm³/mol. The van der Waals surface area contributed by atoms with E-state index in [1.54, 1.807) is 11.1 Å². The fourth-order valence-corrected chi connectivity index (χ4v) is 2.81. The maximum atomic E-state index is 12.4. The van der Waals surface area contributed by atoms with Gasteiger partial charge in [-0.3, -0.25) is 4.79 Å². The van der Waals surface area contributed by atoms with E-state index in [1.165, 1.54) is 5.56 Å². The van der Waals surface area contributed by atoms with Gasteiger partial charge in [-0.05, 0) is 17.5 Å². The summed E-state index contributed by atoms with van der Waals surface area (Å²) in [5, 5.41) is 0. The van der Waals surface area contributed by atoms with Crippen LogP contribution >= 0.6 is 0 Å². The smallest absolute Gasteiger partial charge is 0.223 e. The Morgan fingerprint density at radius 2 is 1.73 bits per heavy atom. The van der Waals surface area contributed by atoms with Crippen LogP contribution < -0.4 is 0 Å². The Hall–Kier alpha value is -2.88. The fourth-order valence-electron chi connectivity index (χ4n) is 2.81. The van der Waals surface area contributed by atoms with Crippen LogP contribution in [-0.2, 0) is 24.2 Å². The van der Waals surface area contributed by atoms with Gasteiger partial charge in [0.2, 0.25) is 5.91 Å². The lowest BCUT2D eigenvalue weighted by Gasteiger charge is -2.17. The van der Waals surface area contributed by atoms with E-state index in [-0.39, 0.29) is 5.91 Å². The van der Waals surface area contributed by atoms with E-state index in [1.807, 2.05) is 37.4 Å². The van der Waals surface area contributed by atoms with Gasteiger partial charge >= 0.3 is 0 Å². The van der Waals surface area contributed by atoms with Crippen LogP contribution in [0.4, 0.5) is 0 Å². The molecule has 0 saturated heterocycles. The zero-order valence-corrected chi connectivity index (χ0v) is 15.3. The number of oxazole rings is 1. The van der Waals surface area contributed by atoms with Crippen molar-refractivity contribution >= 4 is 5.91 Å². The first-order chi connectivity index (χ1) is 12.7. The van der Waals surface area contributed by atoms with Gasteiger partial charge < -0.3 is 9.32 Å². The van der Waals surface area contributed by atoms with Crippen LogP contribution in [0, 0.1) is 0 Å². The molecule has 1 heterocycles. The molecule has 0 unspecified atom stereocenters. The Morgan fingerprint density at radius 1 is 1.04 bits per heavy atom. The van der Waals surface area contributed by atoms with Crippen LogP contribution in [0.3, 0.4) is 0 Å². The maximum absolute atomic E-state index is 12.4. The Morgan fingerprint density at radius 3 is 2.42 bits per heavy atom. The first-order valence-corrected chi connectivity index (χ1v) is 8.97. The minimum Gasteiger partial charge on any atom is -0.441 e. The van der Waals surface area contributed by atoms with Crippen molar-refractivity contribution in [3.8, 4) is 11.3 Å². The molecule has 0 aliphatic rings. The van der Waals surface area contributed by atoms with Crippen LogP contribution in [0.5, 0.6) is 0 Å². The van der Waals surface area contributed by atoms with Crippen molar-refractivity contribution in [1.29, 1.82) is 0 Å². The van der Waals surface area contributed by atoms with Crippen LogP contribution in [0.1, 0.15) is 30.4 Å². The standard InChI is InChI=1S/C22H24N2O2/c1-3-17-9-11-18(12-10-17)16-24(2)22(25)14-13-21-23-15-20(26-21)19-7-5-4-6-8-19/h4-12,15H,3,13-14,16H2,1-2H3. The SMILES string of the molecule is CCc1ccc(CN(C)C(=O)CCc2ncc(-c3ccccc3)o2)cc1. The largest absolute Gasteiger partial charge is 0.441 e. The van der Waals surface area contributed by atoms with Gasteiger partial charge in [-0.2, -0.15) is 0 Å². The molecule has 0 atom stereocenters. The van der Waals surface area contributed by atoms with Crippen molar-refractivity contribution in [2.45, 2.75) is 32.7 Å². The minimum absolute atomic E-state index is 0.0871. The number of aromatic nitrogens is 1. The first kappa shape index (κ1) is 17.9. The van der Waals surface area contributed by atoms with Crippen LogP contribution in [0.15, 0.2) is 65.2 Å². The van der Waals surface area contributed by atoms with E-state index in [9.17, 15) is 4.79 Å². The van der Waals surface area contributed by atoms with Gasteiger partial charge in [-0.25, -0.2) is 4.98 Å². The molecule has 26 heavy (non-hydrogen) atoms. The van der Waals surface area contributed by atoms with E-state index in [0.29, 0.717) is 25.3 Å². The van der Waals surface area contributed by atoms with E-state index in [2.05, 4.69) is 36.2 Å². The number of hydrogen-bond donors (Lipinski definition) is 0. The average Bonchev–Trinajstić information content (AvgIpc) is 3.16. The van der Waals surface area contributed by atoms with Crippen molar-refractivity contribution in [3.63, 3.8) is 0 Å². The molecule has 4 nitrogen and oxygen atoms in total. The highest BCUT2D eigenvalue weighted by atomic mass is 16.4. The maximum Gasteiger partial charge on any atom is 0.223 e. The van der Waals surface area contributed by atoms with Crippen LogP contribution in [0.25, 0.3) is 11.3 Å². The Bertz CT molecular complexity index is 838. The highest BCUT2D eigenvalue weighted by molar-refractivity contribution is 5.76. The molecule has 0 bridgehead atoms. The third-order valence-electron chi connectivity index (χ3n) is 4.44. The molecule has 0 N–H and O–H groups in total. The van der Waals surface area contributed by atoms with Crippen molar-refractivity contribution in [3.05, 3.63) is 77.8 Å². The molecule has 0 aliphatic carbocycles. The molecule has 0 spiro atoms. The molecule has 3 aromatic rings. The second kappa shape index (κ2) is 8.48. The zero-order chi connectivity index (χ0) is 18.4. The zero-order valence-electron chi connectivity index (χ0n) is 15.3. The molecule has 134 valence electrons. The topological polar surface area (TPSA) is 46.3 Å². The number of benzene rings is 2. The predicted octanol–water partition coefficient (Wildman–Crippen LogP) is 4.50. The number of nitrogens with zero attached hydrogens (tertiary/aromatic N) is 2. The quantitative estimate of drug-likeness (QED) is 0.632. The molecule has 1 aromatic heterocycles. The molecule has 1 amide bonds. The second-order valence-electron chi connectivity index (χ2n) is 6.40. The van der Waals surface area contributed by atoms with Gasteiger partial charge in [-0.1, -0.05) is 61.5 Å². The normalized spacial score (nSPS) is 10.7. The molecular weight excluding hydrogens is 324 g/mol. The summed E-state index contributed by atoms with van der Waals surface area (Å²) in [6.45, 7) is 2.75. The number of rotatable bonds is 7. The van der Waals surface area contributed by atoms with Gasteiger partial charge in [0.1, 0.15) is 0 Å². The number of aryl methyl sites for hydroxylation is 2. The number of hydrogen-bond acceptors (Lipinski definition) is 3. The molecule has 0 saturated carbocycles. The molecule has 2 aromatic carbocycles. The summed E-state index contributed by atoms with van der Waals surface area (Å²) in [5.41, 5.74) is 3.44. The van der Waals surface area contributed by atoms with Crippen LogP contribution in [-0.4, -0.2) is 22.8 Å². The Balaban J connectivity index is 1.52. The van der Waals surface area contributed by atoms with E-state index < -0.39 is 0 Å². The summed E-state index contributed by atoms with van der Waals surface area (Å²) in [7, 11) is 1.83. The van der Waals surface area contributed by atoms with Gasteiger partial charge in [-0.15, -0.1) is 0 Å². The summed E-state index contributed by atoms with van der Waals surface area (Å²) in [6.07, 6.45) is 3.63. The number of carbonyl (C=O) groups is 1. The van der Waals surface area contributed by atoms with Crippen LogP contribution in [0.2, 0.25) is 0 Å². The molecule has 0 radical (unpaired) electrons. The lowest BCUT2D eigenvalue weighted by molar-refractivity contribution is -0.130. The first-order valence-electron chi connectivity index (χ1n) is 8.97. The highest BCUT2D eigenvalue weighted by Crippen LogP contribution is 2.20. The van der Waals surface area contributed by atoms with Gasteiger partial charge in [0.15, 0.2) is 11.7 Å². The van der Waals surface area contributed by atoms with Crippen molar-refractivity contribution < 1.29 is 9.21 Å². The van der Waals surface area contributed by atoms with E-state index in [0.717, 1.165) is 23.3 Å². The molecule has 0 fully saturated rings. The fraction of sp³-hybridized carbons (Fsp3) is 0.273. The summed E-state index contributed by atoms with van der Waals surface area (Å²) >= 11 is 0. The second-order valence-corrected chi connectivity index (χ2v) is 6.40. The van der Waals surface area contributed by atoms with Gasteiger partial charge in [0, 0.05) is 32.0 Å². The van der Waals surface area contributed by atoms with Gasteiger partial charge in [0.05, 0.1) is 6.20 Å². The Kier molecular flexibility index (Phi) is 5.84. The molecule has 4 heteroatoms. The highest BCUT2D eigenvalue weighted by Gasteiger charge is 2.12. The molecular formula is C22H24N2O2. The summed E-state index contributed by atoms with van der Waals surface area (Å²) in [5.74, 6) is 1.42. The lowest BCUT2D eigenvalue weighted by Crippen LogP contribution is -2.26. The lowest BCUT2D eigenvalue weighted by atomic mass is 10.1. The van der Waals surface area contributed by atoms with E-state index >= 15 is 0 Å². The average molecular weight is 348 g/mol. The van der Waals surface area contributed by atoms with Crippen molar-refractivity contribution in [2.24, 2.45) is 0 Å². The van der Waals surface area contributed by atoms with E-state index in [4.69, 9.17) is 4.42 Å².